The predicted octanol–water partition coefficient (Wildman–Crippen LogP) is 5.75. The van der Waals surface area contributed by atoms with E-state index in [2.05, 4.69) is 20.4 Å². The standard InChI is InChI=1S/C37H48F5N5O3/c1-24(48)43-23-36(28-5-3-6-29(38)16-28,33-7-4-8-34(33)44-35(49)50-2)27-11-13-45(14-12-27)17-25-18-47(19-25)31-9-10-32(37(40,41)42)26(15-31)20-46-21-30(39)22-46/h3,5-6,9-10,15-16,25,27,30,33-34H,4,7-8,11-14,17-23H2,1-2H3,(H,43,48)(H,44,49)/t33-,34-,36?/m0/s1. The molecule has 3 saturated heterocycles. The van der Waals surface area contributed by atoms with Gasteiger partial charge < -0.3 is 25.2 Å². The van der Waals surface area contributed by atoms with Gasteiger partial charge >= 0.3 is 12.3 Å². The Kier molecular flexibility index (Phi) is 10.9. The summed E-state index contributed by atoms with van der Waals surface area (Å²) in [6, 6.07) is 10.8. The smallest absolute Gasteiger partial charge is 0.416 e. The first-order chi connectivity index (χ1) is 23.8. The summed E-state index contributed by atoms with van der Waals surface area (Å²) in [4.78, 5) is 30.9. The minimum Gasteiger partial charge on any atom is -0.453 e. The third kappa shape index (κ3) is 7.88. The van der Waals surface area contributed by atoms with E-state index in [1.54, 1.807) is 23.1 Å². The van der Waals surface area contributed by atoms with Crippen LogP contribution in [0.25, 0.3) is 0 Å². The molecule has 13 heteroatoms. The summed E-state index contributed by atoms with van der Waals surface area (Å²) >= 11 is 0. The molecule has 2 aromatic rings. The van der Waals surface area contributed by atoms with Crippen molar-refractivity contribution in [3.05, 3.63) is 65.0 Å². The number of amides is 2. The van der Waals surface area contributed by atoms with Crippen LogP contribution in [0.2, 0.25) is 0 Å². The molecule has 3 atom stereocenters. The molecule has 1 aliphatic carbocycles. The van der Waals surface area contributed by atoms with E-state index < -0.39 is 29.4 Å². The van der Waals surface area contributed by atoms with Crippen LogP contribution < -0.4 is 15.5 Å². The summed E-state index contributed by atoms with van der Waals surface area (Å²) in [6.45, 7) is 6.17. The minimum absolute atomic E-state index is 0.0416. The van der Waals surface area contributed by atoms with Crippen LogP contribution >= 0.6 is 0 Å². The molecule has 2 aromatic carbocycles. The fourth-order valence-electron chi connectivity index (χ4n) is 9.09. The number of piperidine rings is 1. The van der Waals surface area contributed by atoms with E-state index in [0.29, 0.717) is 12.5 Å². The number of benzene rings is 2. The average molecular weight is 706 g/mol. The molecule has 0 bridgehead atoms. The summed E-state index contributed by atoms with van der Waals surface area (Å²) in [6.07, 6.45) is -1.82. The third-order valence-electron chi connectivity index (χ3n) is 11.5. The Labute approximate surface area is 290 Å². The van der Waals surface area contributed by atoms with Crippen molar-refractivity contribution in [2.24, 2.45) is 17.8 Å². The predicted molar refractivity (Wildman–Crippen MR) is 180 cm³/mol. The number of hydrogen-bond donors (Lipinski definition) is 2. The Morgan fingerprint density at radius 3 is 2.34 bits per heavy atom. The number of alkyl carbamates (subject to hydrolysis) is 1. The quantitative estimate of drug-likeness (QED) is 0.291. The number of likely N-dealkylation sites (tertiary alicyclic amines) is 2. The van der Waals surface area contributed by atoms with E-state index >= 15 is 0 Å². The van der Waals surface area contributed by atoms with Crippen molar-refractivity contribution in [1.82, 2.24) is 20.4 Å². The van der Waals surface area contributed by atoms with Gasteiger partial charge in [-0.05, 0) is 92.1 Å². The second kappa shape index (κ2) is 15.0. The van der Waals surface area contributed by atoms with Crippen LogP contribution in [0.15, 0.2) is 42.5 Å². The Morgan fingerprint density at radius 1 is 0.960 bits per heavy atom. The molecule has 2 N–H and O–H groups in total. The molecule has 3 heterocycles. The molecule has 274 valence electrons. The maximum absolute atomic E-state index is 14.8. The van der Waals surface area contributed by atoms with Gasteiger partial charge in [0.25, 0.3) is 0 Å². The van der Waals surface area contributed by atoms with Crippen molar-refractivity contribution in [2.45, 2.75) is 69.4 Å². The van der Waals surface area contributed by atoms with Crippen molar-refractivity contribution < 1.29 is 36.3 Å². The highest BCUT2D eigenvalue weighted by Crippen LogP contribution is 2.50. The number of carbonyl (C=O) groups excluding carboxylic acids is 2. The number of nitrogens with zero attached hydrogens (tertiary/aromatic N) is 3. The summed E-state index contributed by atoms with van der Waals surface area (Å²) in [7, 11) is 1.34. The molecule has 1 unspecified atom stereocenters. The van der Waals surface area contributed by atoms with Crippen LogP contribution in [-0.2, 0) is 27.7 Å². The Hall–Kier alpha value is -3.45. The van der Waals surface area contributed by atoms with Gasteiger partial charge in [-0.25, -0.2) is 13.6 Å². The van der Waals surface area contributed by atoms with Gasteiger partial charge in [0.15, 0.2) is 0 Å². The maximum atomic E-state index is 14.8. The highest BCUT2D eigenvalue weighted by atomic mass is 19.4. The van der Waals surface area contributed by atoms with E-state index in [0.717, 1.165) is 82.1 Å². The number of alkyl halides is 4. The maximum Gasteiger partial charge on any atom is 0.416 e. The second-order valence-corrected chi connectivity index (χ2v) is 14.7. The fourth-order valence-corrected chi connectivity index (χ4v) is 9.09. The zero-order valence-electron chi connectivity index (χ0n) is 28.8. The van der Waals surface area contributed by atoms with Gasteiger partial charge in [0.1, 0.15) is 12.0 Å². The largest absolute Gasteiger partial charge is 0.453 e. The first-order valence-electron chi connectivity index (χ1n) is 17.7. The summed E-state index contributed by atoms with van der Waals surface area (Å²) in [5.41, 5.74) is 0.486. The van der Waals surface area contributed by atoms with Gasteiger partial charge in [0, 0.05) is 75.8 Å². The summed E-state index contributed by atoms with van der Waals surface area (Å²) < 4.78 is 74.4. The van der Waals surface area contributed by atoms with Crippen LogP contribution in [0.3, 0.4) is 0 Å². The molecule has 4 fully saturated rings. The highest BCUT2D eigenvalue weighted by Gasteiger charge is 2.52. The molecule has 50 heavy (non-hydrogen) atoms. The molecule has 8 nitrogen and oxygen atoms in total. The first kappa shape index (κ1) is 36.3. The van der Waals surface area contributed by atoms with Crippen LogP contribution in [0.1, 0.15) is 55.7 Å². The zero-order valence-corrected chi connectivity index (χ0v) is 28.8. The number of halogens is 5. The van der Waals surface area contributed by atoms with Crippen molar-refractivity contribution in [3.63, 3.8) is 0 Å². The monoisotopic (exact) mass is 705 g/mol. The average Bonchev–Trinajstić information content (AvgIpc) is 3.50. The van der Waals surface area contributed by atoms with Gasteiger partial charge in [0.05, 0.1) is 12.7 Å². The Balaban J connectivity index is 1.13. The van der Waals surface area contributed by atoms with E-state index in [4.69, 9.17) is 4.74 Å². The lowest BCUT2D eigenvalue weighted by molar-refractivity contribution is -0.138. The number of methoxy groups -OCH3 is 1. The highest BCUT2D eigenvalue weighted by molar-refractivity contribution is 5.73. The van der Waals surface area contributed by atoms with Crippen LogP contribution in [0.4, 0.5) is 32.4 Å². The molecule has 0 radical (unpaired) electrons. The second-order valence-electron chi connectivity index (χ2n) is 14.7. The van der Waals surface area contributed by atoms with E-state index in [-0.39, 0.29) is 54.8 Å². The lowest BCUT2D eigenvalue weighted by Crippen LogP contribution is -2.58. The number of carbonyl (C=O) groups is 2. The molecule has 3 aliphatic heterocycles. The number of ether oxygens (including phenoxy) is 1. The number of rotatable bonds is 11. The van der Waals surface area contributed by atoms with E-state index in [1.165, 1.54) is 26.2 Å². The van der Waals surface area contributed by atoms with Crippen LogP contribution in [0.5, 0.6) is 0 Å². The first-order valence-corrected chi connectivity index (χ1v) is 17.7. The molecule has 4 aliphatic rings. The van der Waals surface area contributed by atoms with E-state index in [9.17, 15) is 31.5 Å². The SMILES string of the molecule is COC(=O)N[C@H]1CCC[C@@H]1C(CNC(C)=O)(c1cccc(F)c1)C1CCN(CC2CN(c3ccc(C(F)(F)F)c(CN4CC(F)C4)c3)C2)CC1. The number of hydrogen-bond acceptors (Lipinski definition) is 6. The number of nitrogens with one attached hydrogen (secondary N) is 2. The summed E-state index contributed by atoms with van der Waals surface area (Å²) in [5, 5.41) is 6.11. The Morgan fingerprint density at radius 2 is 1.70 bits per heavy atom. The van der Waals surface area contributed by atoms with Crippen molar-refractivity contribution in [3.8, 4) is 0 Å². The molecule has 0 aromatic heterocycles. The van der Waals surface area contributed by atoms with E-state index in [1.807, 2.05) is 6.07 Å². The van der Waals surface area contributed by atoms with Crippen LogP contribution in [0, 0.1) is 23.6 Å². The normalized spacial score (nSPS) is 23.9. The molecule has 6 rings (SSSR count). The third-order valence-corrected chi connectivity index (χ3v) is 11.5. The fraction of sp³-hybridized carbons (Fsp3) is 0.622. The lowest BCUT2D eigenvalue weighted by Gasteiger charge is -2.51. The topological polar surface area (TPSA) is 77.1 Å². The molecule has 2 amide bonds. The summed E-state index contributed by atoms with van der Waals surface area (Å²) in [5.74, 6) is -0.0792. The van der Waals surface area contributed by atoms with Gasteiger partial charge in [0.2, 0.25) is 5.91 Å². The molecular weight excluding hydrogens is 657 g/mol. The van der Waals surface area contributed by atoms with Gasteiger partial charge in [-0.3, -0.25) is 9.69 Å². The zero-order chi connectivity index (χ0) is 35.6. The van der Waals surface area contributed by atoms with Crippen LogP contribution in [-0.4, -0.2) is 93.5 Å². The molecular formula is C37H48F5N5O3. The van der Waals surface area contributed by atoms with Crippen molar-refractivity contribution >= 4 is 17.7 Å². The van der Waals surface area contributed by atoms with Gasteiger partial charge in [-0.1, -0.05) is 18.6 Å². The van der Waals surface area contributed by atoms with Gasteiger partial charge in [-0.15, -0.1) is 0 Å². The van der Waals surface area contributed by atoms with Gasteiger partial charge in [-0.2, -0.15) is 13.2 Å². The Bertz CT molecular complexity index is 1510. The van der Waals surface area contributed by atoms with Crippen molar-refractivity contribution in [1.29, 1.82) is 0 Å². The number of anilines is 1. The lowest BCUT2D eigenvalue weighted by atomic mass is 9.58. The minimum atomic E-state index is -4.47. The molecule has 0 spiro atoms. The molecule has 1 saturated carbocycles. The van der Waals surface area contributed by atoms with Crippen molar-refractivity contribution in [2.75, 3.05) is 64.4 Å².